The highest BCUT2D eigenvalue weighted by molar-refractivity contribution is 7.89. The Morgan fingerprint density at radius 1 is 1.43 bits per heavy atom. The van der Waals surface area contributed by atoms with Crippen LogP contribution in [-0.4, -0.2) is 27.5 Å². The van der Waals surface area contributed by atoms with Gasteiger partial charge in [-0.1, -0.05) is 12.1 Å². The minimum atomic E-state index is -3.50. The van der Waals surface area contributed by atoms with Crippen molar-refractivity contribution in [3.8, 4) is 6.07 Å². The Morgan fingerprint density at radius 3 is 2.71 bits per heavy atom. The molecule has 1 saturated heterocycles. The van der Waals surface area contributed by atoms with E-state index in [1.54, 1.807) is 24.3 Å². The molecule has 1 aromatic carbocycles. The molecule has 5 nitrogen and oxygen atoms in total. The van der Waals surface area contributed by atoms with Gasteiger partial charge in [0.1, 0.15) is 0 Å². The van der Waals surface area contributed by atoms with Gasteiger partial charge < -0.3 is 5.32 Å². The molecule has 2 rings (SSSR count). The minimum absolute atomic E-state index is 0.0958. The Kier molecular flexibility index (Phi) is 5.34. The maximum Gasteiger partial charge on any atom is 0.240 e. The van der Waals surface area contributed by atoms with E-state index >= 15 is 0 Å². The first-order valence-corrected chi connectivity index (χ1v) is 8.70. The Hall–Kier alpha value is -1.42. The summed E-state index contributed by atoms with van der Waals surface area (Å²) in [5.41, 5.74) is 0.820. The van der Waals surface area contributed by atoms with Crippen LogP contribution in [0.4, 0.5) is 0 Å². The van der Waals surface area contributed by atoms with Crippen LogP contribution in [-0.2, 0) is 16.4 Å². The molecule has 0 spiro atoms. The summed E-state index contributed by atoms with van der Waals surface area (Å²) in [6.45, 7) is 3.78. The number of hydrogen-bond donors (Lipinski definition) is 2. The van der Waals surface area contributed by atoms with Crippen molar-refractivity contribution in [1.82, 2.24) is 10.0 Å². The number of sulfonamides is 1. The topological polar surface area (TPSA) is 82.0 Å². The second-order valence-corrected chi connectivity index (χ2v) is 7.21. The number of nitriles is 1. The molecule has 1 heterocycles. The van der Waals surface area contributed by atoms with Gasteiger partial charge in [0.15, 0.2) is 0 Å². The number of nitrogens with zero attached hydrogens (tertiary/aromatic N) is 1. The van der Waals surface area contributed by atoms with Crippen molar-refractivity contribution in [3.05, 3.63) is 29.8 Å². The van der Waals surface area contributed by atoms with E-state index in [0.29, 0.717) is 5.92 Å². The van der Waals surface area contributed by atoms with E-state index in [1.807, 2.05) is 13.0 Å². The van der Waals surface area contributed by atoms with Gasteiger partial charge >= 0.3 is 0 Å². The van der Waals surface area contributed by atoms with Crippen molar-refractivity contribution in [2.45, 2.75) is 37.1 Å². The third-order valence-electron chi connectivity index (χ3n) is 3.90. The smallest absolute Gasteiger partial charge is 0.240 e. The average Bonchev–Trinajstić information content (AvgIpc) is 2.48. The maximum atomic E-state index is 12.4. The Bertz CT molecular complexity index is 599. The van der Waals surface area contributed by atoms with Crippen molar-refractivity contribution in [3.63, 3.8) is 0 Å². The second-order valence-electron chi connectivity index (χ2n) is 5.50. The third kappa shape index (κ3) is 4.27. The standard InChI is InChI=1S/C15H21N3O2S/c1-12(14-3-2-10-17-11-14)18-21(19,20)15-6-4-13(5-7-15)8-9-16/h4-7,12,14,17-18H,2-3,8,10-11H2,1H3. The van der Waals surface area contributed by atoms with Gasteiger partial charge in [-0.15, -0.1) is 0 Å². The lowest BCUT2D eigenvalue weighted by atomic mass is 9.94. The zero-order chi connectivity index (χ0) is 15.3. The molecule has 114 valence electrons. The lowest BCUT2D eigenvalue weighted by Gasteiger charge is -2.28. The Balaban J connectivity index is 2.05. The van der Waals surface area contributed by atoms with Crippen LogP contribution in [0.5, 0.6) is 0 Å². The van der Waals surface area contributed by atoms with Crippen molar-refractivity contribution >= 4 is 10.0 Å². The number of benzene rings is 1. The van der Waals surface area contributed by atoms with E-state index < -0.39 is 10.0 Å². The number of hydrogen-bond acceptors (Lipinski definition) is 4. The largest absolute Gasteiger partial charge is 0.316 e. The van der Waals surface area contributed by atoms with Crippen LogP contribution in [0.1, 0.15) is 25.3 Å². The summed E-state index contributed by atoms with van der Waals surface area (Å²) in [4.78, 5) is 0.250. The van der Waals surface area contributed by atoms with Gasteiger partial charge in [0.05, 0.1) is 17.4 Å². The molecule has 1 fully saturated rings. The molecule has 1 aromatic rings. The van der Waals surface area contributed by atoms with Crippen LogP contribution in [0.15, 0.2) is 29.2 Å². The SMILES string of the molecule is CC(NS(=O)(=O)c1ccc(CC#N)cc1)C1CCCNC1. The monoisotopic (exact) mass is 307 g/mol. The van der Waals surface area contributed by atoms with Gasteiger partial charge in [-0.25, -0.2) is 13.1 Å². The molecule has 0 aliphatic carbocycles. The van der Waals surface area contributed by atoms with Crippen LogP contribution in [0.2, 0.25) is 0 Å². The normalized spacial score (nSPS) is 20.7. The summed E-state index contributed by atoms with van der Waals surface area (Å²) in [6, 6.07) is 8.43. The van der Waals surface area contributed by atoms with Crippen molar-refractivity contribution in [1.29, 1.82) is 5.26 Å². The molecule has 0 aromatic heterocycles. The summed E-state index contributed by atoms with van der Waals surface area (Å²) in [6.07, 6.45) is 2.41. The molecule has 6 heteroatoms. The summed E-state index contributed by atoms with van der Waals surface area (Å²) in [5, 5.41) is 11.9. The van der Waals surface area contributed by atoms with Crippen LogP contribution < -0.4 is 10.0 Å². The van der Waals surface area contributed by atoms with Crippen LogP contribution in [0, 0.1) is 17.2 Å². The fraction of sp³-hybridized carbons (Fsp3) is 0.533. The van der Waals surface area contributed by atoms with E-state index in [0.717, 1.165) is 31.5 Å². The molecule has 2 atom stereocenters. The van der Waals surface area contributed by atoms with Crippen LogP contribution in [0.3, 0.4) is 0 Å². The predicted octanol–water partition coefficient (Wildman–Crippen LogP) is 1.42. The highest BCUT2D eigenvalue weighted by Crippen LogP contribution is 2.17. The summed E-state index contributed by atoms with van der Waals surface area (Å²) in [5.74, 6) is 0.325. The van der Waals surface area contributed by atoms with E-state index in [4.69, 9.17) is 5.26 Å². The van der Waals surface area contributed by atoms with Crippen molar-refractivity contribution < 1.29 is 8.42 Å². The summed E-state index contributed by atoms with van der Waals surface area (Å²) < 4.78 is 27.5. The van der Waals surface area contributed by atoms with E-state index in [1.165, 1.54) is 0 Å². The number of nitrogens with one attached hydrogen (secondary N) is 2. The Labute approximate surface area is 126 Å². The molecule has 2 unspecified atom stereocenters. The van der Waals surface area contributed by atoms with Crippen molar-refractivity contribution in [2.24, 2.45) is 5.92 Å². The van der Waals surface area contributed by atoms with E-state index in [9.17, 15) is 8.42 Å². The zero-order valence-electron chi connectivity index (χ0n) is 12.2. The molecule has 21 heavy (non-hydrogen) atoms. The zero-order valence-corrected chi connectivity index (χ0v) is 13.0. The fourth-order valence-electron chi connectivity index (χ4n) is 2.59. The van der Waals surface area contributed by atoms with Gasteiger partial charge in [-0.2, -0.15) is 5.26 Å². The van der Waals surface area contributed by atoms with E-state index in [-0.39, 0.29) is 17.4 Å². The molecular weight excluding hydrogens is 286 g/mol. The second kappa shape index (κ2) is 7.03. The van der Waals surface area contributed by atoms with E-state index in [2.05, 4.69) is 10.0 Å². The predicted molar refractivity (Wildman–Crippen MR) is 81.1 cm³/mol. The molecule has 1 aliphatic heterocycles. The number of rotatable bonds is 5. The molecule has 2 N–H and O–H groups in total. The van der Waals surface area contributed by atoms with Crippen molar-refractivity contribution in [2.75, 3.05) is 13.1 Å². The third-order valence-corrected chi connectivity index (χ3v) is 5.47. The Morgan fingerprint density at radius 2 is 2.14 bits per heavy atom. The highest BCUT2D eigenvalue weighted by Gasteiger charge is 2.24. The quantitative estimate of drug-likeness (QED) is 0.862. The number of piperidine rings is 1. The van der Waals surface area contributed by atoms with Crippen LogP contribution >= 0.6 is 0 Å². The van der Waals surface area contributed by atoms with Gasteiger partial charge in [0.25, 0.3) is 0 Å². The molecule has 0 bridgehead atoms. The summed E-state index contributed by atoms with van der Waals surface area (Å²) in [7, 11) is -3.50. The molecule has 0 amide bonds. The lowest BCUT2D eigenvalue weighted by Crippen LogP contribution is -2.44. The first-order chi connectivity index (χ1) is 10.0. The summed E-state index contributed by atoms with van der Waals surface area (Å²) >= 11 is 0. The van der Waals surface area contributed by atoms with Gasteiger partial charge in [-0.3, -0.25) is 0 Å². The molecular formula is C15H21N3O2S. The van der Waals surface area contributed by atoms with Gasteiger partial charge in [0, 0.05) is 6.04 Å². The van der Waals surface area contributed by atoms with Gasteiger partial charge in [0.2, 0.25) is 10.0 Å². The lowest BCUT2D eigenvalue weighted by molar-refractivity contribution is 0.320. The molecule has 1 aliphatic rings. The molecule has 0 radical (unpaired) electrons. The average molecular weight is 307 g/mol. The fourth-order valence-corrected chi connectivity index (χ4v) is 3.90. The first-order valence-electron chi connectivity index (χ1n) is 7.22. The minimum Gasteiger partial charge on any atom is -0.316 e. The molecule has 0 saturated carbocycles. The maximum absolute atomic E-state index is 12.4. The first kappa shape index (κ1) is 16.0. The van der Waals surface area contributed by atoms with Gasteiger partial charge in [-0.05, 0) is 56.5 Å². The highest BCUT2D eigenvalue weighted by atomic mass is 32.2. The van der Waals surface area contributed by atoms with Crippen LogP contribution in [0.25, 0.3) is 0 Å².